The van der Waals surface area contributed by atoms with Crippen LogP contribution < -0.4 is 5.32 Å². The number of nitrogens with one attached hydrogen (secondary N) is 1. The zero-order chi connectivity index (χ0) is 14.1. The van der Waals surface area contributed by atoms with Crippen molar-refractivity contribution in [2.75, 3.05) is 26.2 Å². The van der Waals surface area contributed by atoms with Crippen molar-refractivity contribution in [3.8, 4) is 5.69 Å². The highest BCUT2D eigenvalue weighted by Crippen LogP contribution is 2.27. The predicted octanol–water partition coefficient (Wildman–Crippen LogP) is 1.91. The number of hydrogen-bond acceptors (Lipinski definition) is 3. The molecule has 1 N–H and O–H groups in total. The van der Waals surface area contributed by atoms with E-state index in [0.717, 1.165) is 24.1 Å². The molecule has 1 aromatic heterocycles. The van der Waals surface area contributed by atoms with Crippen molar-refractivity contribution < 1.29 is 0 Å². The zero-order valence-electron chi connectivity index (χ0n) is 12.3. The normalized spacial score (nSPS) is 25.9. The molecule has 0 aliphatic carbocycles. The number of hydrogen-bond donors (Lipinski definition) is 1. The first-order valence-corrected chi connectivity index (χ1v) is 7.91. The van der Waals surface area contributed by atoms with Gasteiger partial charge >= 0.3 is 0 Å². The number of fused-ring (bicyclic) bond motifs is 1. The molecule has 2 aliphatic heterocycles. The number of benzene rings is 1. The summed E-state index contributed by atoms with van der Waals surface area (Å²) in [6.07, 6.45) is 3.39. The molecule has 4 rings (SSSR count). The number of likely N-dealkylation sites (tertiary alicyclic amines) is 1. The third-order valence-corrected chi connectivity index (χ3v) is 4.84. The van der Waals surface area contributed by atoms with Crippen LogP contribution >= 0.6 is 0 Å². The van der Waals surface area contributed by atoms with Crippen LogP contribution in [0.2, 0.25) is 0 Å². The van der Waals surface area contributed by atoms with Gasteiger partial charge in [0.05, 0.1) is 11.4 Å². The van der Waals surface area contributed by atoms with Crippen LogP contribution in [-0.2, 0) is 6.54 Å². The molecule has 2 aliphatic rings. The van der Waals surface area contributed by atoms with Crippen molar-refractivity contribution in [3.05, 3.63) is 48.3 Å². The Morgan fingerprint density at radius 3 is 2.86 bits per heavy atom. The quantitative estimate of drug-likeness (QED) is 0.933. The van der Waals surface area contributed by atoms with E-state index in [1.807, 2.05) is 10.7 Å². The molecule has 4 heteroatoms. The van der Waals surface area contributed by atoms with E-state index in [1.54, 1.807) is 0 Å². The molecule has 21 heavy (non-hydrogen) atoms. The van der Waals surface area contributed by atoms with E-state index >= 15 is 0 Å². The van der Waals surface area contributed by atoms with Crippen LogP contribution in [-0.4, -0.2) is 40.9 Å². The number of aromatic nitrogens is 2. The first-order valence-electron chi connectivity index (χ1n) is 7.91. The van der Waals surface area contributed by atoms with E-state index in [9.17, 15) is 0 Å². The zero-order valence-corrected chi connectivity index (χ0v) is 12.3. The molecule has 0 radical (unpaired) electrons. The van der Waals surface area contributed by atoms with Gasteiger partial charge in [-0.3, -0.25) is 4.90 Å². The maximum atomic E-state index is 4.72. The van der Waals surface area contributed by atoms with Gasteiger partial charge < -0.3 is 5.32 Å². The van der Waals surface area contributed by atoms with Crippen molar-refractivity contribution in [3.63, 3.8) is 0 Å². The Morgan fingerprint density at radius 2 is 1.95 bits per heavy atom. The van der Waals surface area contributed by atoms with Gasteiger partial charge in [0.2, 0.25) is 0 Å². The number of piperidine rings is 1. The van der Waals surface area contributed by atoms with Crippen LogP contribution in [0.25, 0.3) is 5.69 Å². The average molecular weight is 282 g/mol. The summed E-state index contributed by atoms with van der Waals surface area (Å²) in [6, 6.07) is 12.5. The van der Waals surface area contributed by atoms with E-state index in [2.05, 4.69) is 46.7 Å². The average Bonchev–Trinajstić information content (AvgIpc) is 3.17. The van der Waals surface area contributed by atoms with Crippen molar-refractivity contribution >= 4 is 0 Å². The summed E-state index contributed by atoms with van der Waals surface area (Å²) in [4.78, 5) is 2.56. The minimum Gasteiger partial charge on any atom is -0.316 e. The molecule has 1 aromatic carbocycles. The lowest BCUT2D eigenvalue weighted by atomic mass is 9.89. The van der Waals surface area contributed by atoms with Gasteiger partial charge in [0, 0.05) is 19.3 Å². The maximum Gasteiger partial charge on any atom is 0.0769 e. The predicted molar refractivity (Wildman–Crippen MR) is 83.3 cm³/mol. The summed E-state index contributed by atoms with van der Waals surface area (Å²) < 4.78 is 1.97. The summed E-state index contributed by atoms with van der Waals surface area (Å²) in [6.45, 7) is 5.82. The van der Waals surface area contributed by atoms with E-state index < -0.39 is 0 Å². The van der Waals surface area contributed by atoms with Gasteiger partial charge in [-0.05, 0) is 56.1 Å². The molecule has 3 heterocycles. The molecule has 2 fully saturated rings. The summed E-state index contributed by atoms with van der Waals surface area (Å²) in [7, 11) is 0. The molecule has 0 amide bonds. The lowest BCUT2D eigenvalue weighted by Crippen LogP contribution is -2.39. The smallest absolute Gasteiger partial charge is 0.0769 e. The Kier molecular flexibility index (Phi) is 3.49. The molecule has 4 nitrogen and oxygen atoms in total. The second-order valence-corrected chi connectivity index (χ2v) is 6.29. The number of nitrogens with zero attached hydrogens (tertiary/aromatic N) is 3. The largest absolute Gasteiger partial charge is 0.316 e. The maximum absolute atomic E-state index is 4.72. The van der Waals surface area contributed by atoms with Gasteiger partial charge in [0.1, 0.15) is 0 Å². The summed E-state index contributed by atoms with van der Waals surface area (Å²) >= 11 is 0. The van der Waals surface area contributed by atoms with Crippen molar-refractivity contribution in [2.24, 2.45) is 11.8 Å². The third kappa shape index (κ3) is 2.74. The fraction of sp³-hybridized carbons (Fsp3) is 0.471. The van der Waals surface area contributed by atoms with Crippen molar-refractivity contribution in [2.45, 2.75) is 13.0 Å². The monoisotopic (exact) mass is 282 g/mol. The van der Waals surface area contributed by atoms with E-state index in [4.69, 9.17) is 5.10 Å². The van der Waals surface area contributed by atoms with E-state index in [1.165, 1.54) is 38.3 Å². The van der Waals surface area contributed by atoms with E-state index in [-0.39, 0.29) is 0 Å². The van der Waals surface area contributed by atoms with E-state index in [0.29, 0.717) is 0 Å². The van der Waals surface area contributed by atoms with Crippen LogP contribution in [0.3, 0.4) is 0 Å². The van der Waals surface area contributed by atoms with Gasteiger partial charge in [0.15, 0.2) is 0 Å². The van der Waals surface area contributed by atoms with Crippen molar-refractivity contribution in [1.29, 1.82) is 0 Å². The molecule has 2 unspecified atom stereocenters. The number of rotatable bonds is 3. The summed E-state index contributed by atoms with van der Waals surface area (Å²) in [5, 5.41) is 8.25. The lowest BCUT2D eigenvalue weighted by Gasteiger charge is -2.33. The van der Waals surface area contributed by atoms with Gasteiger partial charge in [-0.15, -0.1) is 0 Å². The highest BCUT2D eigenvalue weighted by molar-refractivity contribution is 5.30. The lowest BCUT2D eigenvalue weighted by molar-refractivity contribution is 0.140. The second kappa shape index (κ2) is 5.62. The van der Waals surface area contributed by atoms with Gasteiger partial charge in [0.25, 0.3) is 0 Å². The molecule has 0 spiro atoms. The Hall–Kier alpha value is -1.65. The van der Waals surface area contributed by atoms with Crippen LogP contribution in [0.5, 0.6) is 0 Å². The first-order chi connectivity index (χ1) is 10.4. The molecule has 2 aromatic rings. The fourth-order valence-corrected chi connectivity index (χ4v) is 3.65. The molecule has 2 atom stereocenters. The molecule has 2 saturated heterocycles. The topological polar surface area (TPSA) is 33.1 Å². The van der Waals surface area contributed by atoms with Crippen LogP contribution in [0.15, 0.2) is 42.6 Å². The molecule has 110 valence electrons. The Balaban J connectivity index is 1.42. The van der Waals surface area contributed by atoms with Crippen LogP contribution in [0.4, 0.5) is 0 Å². The fourth-order valence-electron chi connectivity index (χ4n) is 3.65. The molecular weight excluding hydrogens is 260 g/mol. The van der Waals surface area contributed by atoms with Gasteiger partial charge in [-0.25, -0.2) is 4.68 Å². The van der Waals surface area contributed by atoms with Crippen LogP contribution in [0.1, 0.15) is 12.1 Å². The Bertz CT molecular complexity index is 592. The molecule has 0 bridgehead atoms. The molecule has 0 saturated carbocycles. The van der Waals surface area contributed by atoms with Crippen molar-refractivity contribution in [1.82, 2.24) is 20.0 Å². The number of para-hydroxylation sites is 1. The minimum atomic E-state index is 0.843. The second-order valence-electron chi connectivity index (χ2n) is 6.29. The highest BCUT2D eigenvalue weighted by atomic mass is 15.3. The standard InChI is InChI=1S/C17H22N4/c1-2-4-17(5-3-1)21-9-7-16(19-21)13-20-8-6-14-10-18-11-15(14)12-20/h1-5,7,9,14-15,18H,6,8,10-13H2. The SMILES string of the molecule is c1ccc(-n2ccc(CN3CCC4CNCC4C3)n2)cc1. The Labute approximate surface area is 125 Å². The first kappa shape index (κ1) is 13.0. The molecular formula is C17H22N4. The van der Waals surface area contributed by atoms with Crippen LogP contribution in [0, 0.1) is 11.8 Å². The Morgan fingerprint density at radius 1 is 1.10 bits per heavy atom. The van der Waals surface area contributed by atoms with Gasteiger partial charge in [-0.1, -0.05) is 18.2 Å². The summed E-state index contributed by atoms with van der Waals surface area (Å²) in [5.74, 6) is 1.75. The van der Waals surface area contributed by atoms with Gasteiger partial charge in [-0.2, -0.15) is 5.10 Å². The summed E-state index contributed by atoms with van der Waals surface area (Å²) in [5.41, 5.74) is 2.30. The highest BCUT2D eigenvalue weighted by Gasteiger charge is 2.32. The third-order valence-electron chi connectivity index (χ3n) is 4.84. The minimum absolute atomic E-state index is 0.843.